The van der Waals surface area contributed by atoms with Crippen molar-refractivity contribution in [2.24, 2.45) is 0 Å². The Morgan fingerprint density at radius 2 is 1.86 bits per heavy atom. The number of para-hydroxylation sites is 1. The molecular weight excluding hydrogens is 397 g/mol. The number of ketones is 1. The van der Waals surface area contributed by atoms with Crippen LogP contribution in [0.25, 0.3) is 10.1 Å². The Morgan fingerprint density at radius 3 is 2.59 bits per heavy atom. The van der Waals surface area contributed by atoms with Crippen molar-refractivity contribution in [1.82, 2.24) is 0 Å². The smallest absolute Gasteiger partial charge is 0.349 e. The molecule has 0 radical (unpaired) electrons. The quantitative estimate of drug-likeness (QED) is 0.462. The number of hydrogen-bond acceptors (Lipinski definition) is 6. The number of thiophene rings is 1. The minimum absolute atomic E-state index is 0.0313. The van der Waals surface area contributed by atoms with Gasteiger partial charge in [-0.25, -0.2) is 9.18 Å². The summed E-state index contributed by atoms with van der Waals surface area (Å²) in [6, 6.07) is 11.1. The van der Waals surface area contributed by atoms with Crippen molar-refractivity contribution < 1.29 is 28.2 Å². The highest BCUT2D eigenvalue weighted by Crippen LogP contribution is 2.34. The summed E-state index contributed by atoms with van der Waals surface area (Å²) in [6.07, 6.45) is 0. The van der Waals surface area contributed by atoms with Crippen LogP contribution in [0.15, 0.2) is 42.5 Å². The third-order valence-electron chi connectivity index (χ3n) is 4.15. The Kier molecular flexibility index (Phi) is 6.36. The van der Waals surface area contributed by atoms with Gasteiger partial charge in [0.25, 0.3) is 5.91 Å². The van der Waals surface area contributed by atoms with Crippen molar-refractivity contribution in [3.05, 3.63) is 64.3 Å². The molecule has 0 spiro atoms. The zero-order valence-corrected chi connectivity index (χ0v) is 16.6. The van der Waals surface area contributed by atoms with Crippen LogP contribution < -0.4 is 5.32 Å². The van der Waals surface area contributed by atoms with Gasteiger partial charge in [0.05, 0.1) is 12.3 Å². The molecule has 1 amide bonds. The Bertz CT molecular complexity index is 1090. The summed E-state index contributed by atoms with van der Waals surface area (Å²) >= 11 is 1.08. The molecule has 1 heterocycles. The second-order valence-corrected chi connectivity index (χ2v) is 7.23. The second-order valence-electron chi connectivity index (χ2n) is 6.18. The molecule has 0 atom stereocenters. The van der Waals surface area contributed by atoms with E-state index >= 15 is 0 Å². The van der Waals surface area contributed by atoms with Gasteiger partial charge in [0, 0.05) is 28.3 Å². The molecule has 0 bridgehead atoms. The largest absolute Gasteiger partial charge is 0.451 e. The molecule has 2 aromatic carbocycles. The monoisotopic (exact) mass is 415 g/mol. The molecule has 0 aliphatic carbocycles. The number of esters is 1. The maximum atomic E-state index is 14.2. The number of carbonyl (C=O) groups is 3. The van der Waals surface area contributed by atoms with E-state index in [0.717, 1.165) is 11.3 Å². The molecule has 1 N–H and O–H groups in total. The predicted molar refractivity (Wildman–Crippen MR) is 108 cm³/mol. The molecule has 0 unspecified atom stereocenters. The highest BCUT2D eigenvalue weighted by molar-refractivity contribution is 7.21. The van der Waals surface area contributed by atoms with Gasteiger partial charge < -0.3 is 14.8 Å². The normalized spacial score (nSPS) is 10.7. The Labute approximate surface area is 170 Å². The fraction of sp³-hybridized carbons (Fsp3) is 0.190. The van der Waals surface area contributed by atoms with Crippen LogP contribution in [-0.4, -0.2) is 31.4 Å². The van der Waals surface area contributed by atoms with E-state index in [2.05, 4.69) is 5.32 Å². The lowest BCUT2D eigenvalue weighted by atomic mass is 10.1. The van der Waals surface area contributed by atoms with E-state index < -0.39 is 24.3 Å². The Morgan fingerprint density at radius 1 is 1.10 bits per heavy atom. The number of rotatable bonds is 7. The molecule has 150 valence electrons. The van der Waals surface area contributed by atoms with Crippen LogP contribution in [0.1, 0.15) is 32.5 Å². The summed E-state index contributed by atoms with van der Waals surface area (Å²) in [5.74, 6) is -1.99. The van der Waals surface area contributed by atoms with E-state index in [1.54, 1.807) is 36.4 Å². The molecule has 6 nitrogen and oxygen atoms in total. The van der Waals surface area contributed by atoms with E-state index in [4.69, 9.17) is 9.47 Å². The van der Waals surface area contributed by atoms with Gasteiger partial charge in [-0.2, -0.15) is 0 Å². The van der Waals surface area contributed by atoms with Crippen LogP contribution in [-0.2, 0) is 20.9 Å². The van der Waals surface area contributed by atoms with Gasteiger partial charge in [0.1, 0.15) is 10.7 Å². The zero-order chi connectivity index (χ0) is 21.0. The SMILES string of the molecule is COCc1c(C(=O)OCC(=O)Nc2ccccc2C(C)=O)sc2cccc(F)c12. The number of hydrogen-bond donors (Lipinski definition) is 1. The van der Waals surface area contributed by atoms with Crippen molar-refractivity contribution >= 4 is 44.8 Å². The fourth-order valence-corrected chi connectivity index (χ4v) is 4.01. The van der Waals surface area contributed by atoms with Crippen molar-refractivity contribution in [2.75, 3.05) is 19.0 Å². The number of carbonyl (C=O) groups excluding carboxylic acids is 3. The fourth-order valence-electron chi connectivity index (χ4n) is 2.90. The highest BCUT2D eigenvalue weighted by atomic mass is 32.1. The molecule has 0 saturated carbocycles. The number of benzene rings is 2. The molecule has 8 heteroatoms. The summed E-state index contributed by atoms with van der Waals surface area (Å²) < 4.78 is 25.0. The lowest BCUT2D eigenvalue weighted by Gasteiger charge is -2.09. The number of fused-ring (bicyclic) bond motifs is 1. The molecule has 29 heavy (non-hydrogen) atoms. The van der Waals surface area contributed by atoms with Crippen molar-refractivity contribution in [3.8, 4) is 0 Å². The van der Waals surface area contributed by atoms with Crippen LogP contribution in [0.3, 0.4) is 0 Å². The van der Waals surface area contributed by atoms with Crippen LogP contribution >= 0.6 is 11.3 Å². The summed E-state index contributed by atoms with van der Waals surface area (Å²) in [7, 11) is 1.44. The van der Waals surface area contributed by atoms with Crippen LogP contribution in [0.5, 0.6) is 0 Å². The van der Waals surface area contributed by atoms with E-state index in [9.17, 15) is 18.8 Å². The number of halogens is 1. The number of anilines is 1. The van der Waals surface area contributed by atoms with E-state index in [0.29, 0.717) is 26.9 Å². The van der Waals surface area contributed by atoms with E-state index in [1.807, 2.05) is 0 Å². The van der Waals surface area contributed by atoms with Gasteiger partial charge in [-0.3, -0.25) is 9.59 Å². The number of Topliss-reactive ketones (excluding diaryl/α,β-unsaturated/α-hetero) is 1. The first-order chi connectivity index (χ1) is 13.9. The summed E-state index contributed by atoms with van der Waals surface area (Å²) in [6.45, 7) is 0.876. The molecule has 3 rings (SSSR count). The first-order valence-corrected chi connectivity index (χ1v) is 9.49. The molecule has 0 fully saturated rings. The Balaban J connectivity index is 1.74. The van der Waals surface area contributed by atoms with Gasteiger partial charge >= 0.3 is 5.97 Å². The van der Waals surface area contributed by atoms with Gasteiger partial charge in [-0.05, 0) is 31.2 Å². The summed E-state index contributed by atoms with van der Waals surface area (Å²) in [4.78, 5) is 36.5. The Hall–Kier alpha value is -3.10. The van der Waals surface area contributed by atoms with E-state index in [-0.39, 0.29) is 17.3 Å². The highest BCUT2D eigenvalue weighted by Gasteiger charge is 2.22. The van der Waals surface area contributed by atoms with Gasteiger partial charge in [0.15, 0.2) is 12.4 Å². The van der Waals surface area contributed by atoms with Crippen LogP contribution in [0, 0.1) is 5.82 Å². The first kappa shape index (κ1) is 20.6. The first-order valence-electron chi connectivity index (χ1n) is 8.68. The van der Waals surface area contributed by atoms with Crippen molar-refractivity contribution in [2.45, 2.75) is 13.5 Å². The average Bonchev–Trinajstić information content (AvgIpc) is 3.06. The standard InChI is InChI=1S/C21H18FNO5S/c1-12(24)13-6-3-4-8-16(13)23-18(25)11-28-21(26)20-14(10-27-2)19-15(22)7-5-9-17(19)29-20/h3-9H,10-11H2,1-2H3,(H,23,25). The summed E-state index contributed by atoms with van der Waals surface area (Å²) in [5.41, 5.74) is 1.08. The minimum atomic E-state index is -0.743. The van der Waals surface area contributed by atoms with Gasteiger partial charge in [-0.15, -0.1) is 11.3 Å². The van der Waals surface area contributed by atoms with Crippen molar-refractivity contribution in [3.63, 3.8) is 0 Å². The number of ether oxygens (including phenoxy) is 2. The number of amides is 1. The topological polar surface area (TPSA) is 81.7 Å². The van der Waals surface area contributed by atoms with Gasteiger partial charge in [-0.1, -0.05) is 18.2 Å². The zero-order valence-electron chi connectivity index (χ0n) is 15.8. The lowest BCUT2D eigenvalue weighted by molar-refractivity contribution is -0.119. The molecule has 3 aromatic rings. The number of nitrogens with one attached hydrogen (secondary N) is 1. The molecule has 0 aliphatic heterocycles. The summed E-state index contributed by atoms with van der Waals surface area (Å²) in [5, 5.41) is 2.87. The maximum absolute atomic E-state index is 14.2. The van der Waals surface area contributed by atoms with E-state index in [1.165, 1.54) is 20.1 Å². The minimum Gasteiger partial charge on any atom is -0.451 e. The van der Waals surface area contributed by atoms with Crippen molar-refractivity contribution in [1.29, 1.82) is 0 Å². The molecule has 1 aromatic heterocycles. The average molecular weight is 415 g/mol. The second kappa shape index (κ2) is 8.93. The molecule has 0 saturated heterocycles. The predicted octanol–water partition coefficient (Wildman–Crippen LogP) is 4.18. The van der Waals surface area contributed by atoms with Gasteiger partial charge in [0.2, 0.25) is 0 Å². The van der Waals surface area contributed by atoms with Crippen LogP contribution in [0.2, 0.25) is 0 Å². The number of methoxy groups -OCH3 is 1. The molecule has 0 aliphatic rings. The van der Waals surface area contributed by atoms with Crippen LogP contribution in [0.4, 0.5) is 10.1 Å². The third kappa shape index (κ3) is 4.49. The molecular formula is C21H18FNO5S. The maximum Gasteiger partial charge on any atom is 0.349 e. The lowest BCUT2D eigenvalue weighted by Crippen LogP contribution is -2.22. The third-order valence-corrected chi connectivity index (χ3v) is 5.33.